The van der Waals surface area contributed by atoms with Crippen LogP contribution < -0.4 is 10.1 Å². The molecule has 0 spiro atoms. The number of para-hydroxylation sites is 1. The number of rotatable bonds is 6. The fourth-order valence-corrected chi connectivity index (χ4v) is 7.88. The Balaban J connectivity index is 1.49. The van der Waals surface area contributed by atoms with Crippen LogP contribution in [0, 0.1) is 29.6 Å². The number of carbonyl (C=O) groups excluding carboxylic acids is 1. The van der Waals surface area contributed by atoms with Crippen LogP contribution in [0.4, 0.5) is 0 Å². The van der Waals surface area contributed by atoms with Crippen molar-refractivity contribution in [1.29, 1.82) is 0 Å². The van der Waals surface area contributed by atoms with E-state index in [1.54, 1.807) is 7.11 Å². The molecule has 33 heavy (non-hydrogen) atoms. The monoisotopic (exact) mass is 450 g/mol. The van der Waals surface area contributed by atoms with E-state index in [4.69, 9.17) is 4.74 Å². The molecule has 3 atom stereocenters. The minimum atomic E-state index is 0.0917. The maximum atomic E-state index is 13.9. The smallest absolute Gasteiger partial charge is 0.253 e. The molecule has 1 amide bonds. The Morgan fingerprint density at radius 2 is 1.91 bits per heavy atom. The highest BCUT2D eigenvalue weighted by atomic mass is 16.5. The molecule has 3 aliphatic rings. The van der Waals surface area contributed by atoms with Crippen LogP contribution in [-0.4, -0.2) is 23.6 Å². The second kappa shape index (κ2) is 8.36. The maximum Gasteiger partial charge on any atom is 0.253 e. The van der Waals surface area contributed by atoms with Crippen molar-refractivity contribution < 1.29 is 9.53 Å². The fourth-order valence-electron chi connectivity index (χ4n) is 7.88. The lowest BCUT2D eigenvalue weighted by Gasteiger charge is -2.43. The highest BCUT2D eigenvalue weighted by Gasteiger charge is 2.59. The van der Waals surface area contributed by atoms with Crippen molar-refractivity contribution in [2.24, 2.45) is 22.7 Å². The van der Waals surface area contributed by atoms with Gasteiger partial charge < -0.3 is 14.6 Å². The molecule has 0 aliphatic heterocycles. The molecule has 4 nitrogen and oxygen atoms in total. The lowest BCUT2D eigenvalue weighted by Crippen LogP contribution is -2.52. The molecular weight excluding hydrogens is 408 g/mol. The van der Waals surface area contributed by atoms with Gasteiger partial charge in [-0.2, -0.15) is 0 Å². The first-order valence-electron chi connectivity index (χ1n) is 13.2. The number of nitrogens with zero attached hydrogens (tertiary/aromatic N) is 1. The Kier molecular flexibility index (Phi) is 5.77. The number of benzene rings is 1. The molecule has 3 aliphatic carbocycles. The van der Waals surface area contributed by atoms with Crippen molar-refractivity contribution in [2.75, 3.05) is 7.11 Å². The van der Waals surface area contributed by atoms with Crippen LogP contribution in [-0.2, 0) is 6.54 Å². The van der Waals surface area contributed by atoms with Gasteiger partial charge in [0.25, 0.3) is 5.91 Å². The molecule has 1 N–H and O–H groups in total. The minimum Gasteiger partial charge on any atom is -0.495 e. The predicted octanol–water partition coefficient (Wildman–Crippen LogP) is 6.87. The van der Waals surface area contributed by atoms with Crippen LogP contribution in [0.1, 0.15) is 94.6 Å². The standard InChI is InChI=1S/C29H42N2O2/c1-19-24(26(32)30-27-28(2,3)21-14-16-29(27,4)18-21)22-12-9-13-23(33-5)25(22)31(19)17-15-20-10-7-6-8-11-20/h9,12-13,20-21,27H,6-8,10-11,14-18H2,1-5H3,(H,30,32). The third-order valence-electron chi connectivity index (χ3n) is 9.78. The number of nitrogens with one attached hydrogen (secondary N) is 1. The predicted molar refractivity (Wildman–Crippen MR) is 135 cm³/mol. The van der Waals surface area contributed by atoms with E-state index >= 15 is 0 Å². The van der Waals surface area contributed by atoms with Gasteiger partial charge in [0.2, 0.25) is 0 Å². The van der Waals surface area contributed by atoms with Crippen LogP contribution >= 0.6 is 0 Å². The molecule has 0 radical (unpaired) electrons. The Morgan fingerprint density at radius 1 is 1.15 bits per heavy atom. The molecule has 1 aromatic heterocycles. The van der Waals surface area contributed by atoms with Gasteiger partial charge >= 0.3 is 0 Å². The first-order valence-corrected chi connectivity index (χ1v) is 13.2. The zero-order chi connectivity index (χ0) is 23.4. The molecule has 3 unspecified atom stereocenters. The van der Waals surface area contributed by atoms with Crippen molar-refractivity contribution in [3.63, 3.8) is 0 Å². The molecule has 1 heterocycles. The van der Waals surface area contributed by atoms with E-state index in [9.17, 15) is 4.79 Å². The summed E-state index contributed by atoms with van der Waals surface area (Å²) < 4.78 is 8.14. The van der Waals surface area contributed by atoms with Gasteiger partial charge in [-0.15, -0.1) is 0 Å². The summed E-state index contributed by atoms with van der Waals surface area (Å²) in [7, 11) is 1.74. The molecule has 0 saturated heterocycles. The molecule has 4 heteroatoms. The van der Waals surface area contributed by atoms with E-state index in [2.05, 4.69) is 43.6 Å². The molecular formula is C29H42N2O2. The van der Waals surface area contributed by atoms with Gasteiger partial charge in [0.1, 0.15) is 5.75 Å². The summed E-state index contributed by atoms with van der Waals surface area (Å²) >= 11 is 0. The highest BCUT2D eigenvalue weighted by Crippen LogP contribution is 2.62. The topological polar surface area (TPSA) is 43.3 Å². The number of aromatic nitrogens is 1. The number of hydrogen-bond acceptors (Lipinski definition) is 2. The van der Waals surface area contributed by atoms with E-state index in [1.165, 1.54) is 57.8 Å². The number of fused-ring (bicyclic) bond motifs is 3. The Morgan fingerprint density at radius 3 is 2.58 bits per heavy atom. The molecule has 3 fully saturated rings. The number of aryl methyl sites for hydroxylation is 1. The summed E-state index contributed by atoms with van der Waals surface area (Å²) in [6.07, 6.45) is 11.7. The number of methoxy groups -OCH3 is 1. The van der Waals surface area contributed by atoms with Gasteiger partial charge in [-0.25, -0.2) is 0 Å². The number of hydrogen-bond donors (Lipinski definition) is 1. The first-order chi connectivity index (χ1) is 15.8. The highest BCUT2D eigenvalue weighted by molar-refractivity contribution is 6.09. The van der Waals surface area contributed by atoms with Crippen LogP contribution in [0.15, 0.2) is 18.2 Å². The zero-order valence-corrected chi connectivity index (χ0v) is 21.3. The van der Waals surface area contributed by atoms with Gasteiger partial charge in [-0.1, -0.05) is 65.0 Å². The van der Waals surface area contributed by atoms with Crippen LogP contribution in [0.3, 0.4) is 0 Å². The van der Waals surface area contributed by atoms with Crippen LogP contribution in [0.5, 0.6) is 5.75 Å². The summed E-state index contributed by atoms with van der Waals surface area (Å²) in [5, 5.41) is 4.58. The molecule has 2 bridgehead atoms. The van der Waals surface area contributed by atoms with Crippen molar-refractivity contribution in [2.45, 2.75) is 98.1 Å². The second-order valence-electron chi connectivity index (χ2n) is 12.1. The SMILES string of the molecule is COc1cccc2c(C(=O)NC3C4(C)CCC(C4)C3(C)C)c(C)n(CCC3CCCCC3)c12. The molecule has 3 saturated carbocycles. The second-order valence-corrected chi connectivity index (χ2v) is 12.1. The average molecular weight is 451 g/mol. The Hall–Kier alpha value is -1.97. The van der Waals surface area contributed by atoms with E-state index in [1.807, 2.05) is 12.1 Å². The largest absolute Gasteiger partial charge is 0.495 e. The Labute approximate surface area is 199 Å². The fraction of sp³-hybridized carbons (Fsp3) is 0.690. The Bertz CT molecular complexity index is 1040. The van der Waals surface area contributed by atoms with Crippen molar-refractivity contribution in [1.82, 2.24) is 9.88 Å². The molecule has 2 aromatic rings. The first kappa shape index (κ1) is 22.8. The number of amides is 1. The third kappa shape index (κ3) is 3.68. The third-order valence-corrected chi connectivity index (χ3v) is 9.78. The summed E-state index contributed by atoms with van der Waals surface area (Å²) in [5.41, 5.74) is 3.36. The van der Waals surface area contributed by atoms with Gasteiger partial charge in [0, 0.05) is 23.7 Å². The lowest BCUT2D eigenvalue weighted by atomic mass is 9.68. The van der Waals surface area contributed by atoms with Gasteiger partial charge in [0.05, 0.1) is 18.2 Å². The van der Waals surface area contributed by atoms with Gasteiger partial charge in [-0.3, -0.25) is 4.79 Å². The quantitative estimate of drug-likeness (QED) is 0.522. The summed E-state index contributed by atoms with van der Waals surface area (Å²) in [6, 6.07) is 6.37. The normalized spacial score (nSPS) is 29.0. The number of carbonyl (C=O) groups is 1. The summed E-state index contributed by atoms with van der Waals surface area (Å²) in [6.45, 7) is 10.2. The van der Waals surface area contributed by atoms with E-state index < -0.39 is 0 Å². The molecule has 1 aromatic carbocycles. The van der Waals surface area contributed by atoms with Crippen molar-refractivity contribution >= 4 is 16.8 Å². The van der Waals surface area contributed by atoms with Gasteiger partial charge in [-0.05, 0) is 61.3 Å². The van der Waals surface area contributed by atoms with E-state index in [-0.39, 0.29) is 22.8 Å². The van der Waals surface area contributed by atoms with Crippen LogP contribution in [0.2, 0.25) is 0 Å². The van der Waals surface area contributed by atoms with Gasteiger partial charge in [0.15, 0.2) is 0 Å². The zero-order valence-electron chi connectivity index (χ0n) is 21.3. The minimum absolute atomic E-state index is 0.0917. The van der Waals surface area contributed by atoms with Crippen molar-refractivity contribution in [3.8, 4) is 5.75 Å². The molecule has 180 valence electrons. The van der Waals surface area contributed by atoms with Crippen LogP contribution in [0.25, 0.3) is 10.9 Å². The maximum absolute atomic E-state index is 13.9. The lowest BCUT2D eigenvalue weighted by molar-refractivity contribution is 0.0738. The van der Waals surface area contributed by atoms with E-state index in [0.717, 1.165) is 40.4 Å². The number of ether oxygens (including phenoxy) is 1. The van der Waals surface area contributed by atoms with E-state index in [0.29, 0.717) is 5.92 Å². The molecule has 5 rings (SSSR count). The van der Waals surface area contributed by atoms with Crippen molar-refractivity contribution in [3.05, 3.63) is 29.5 Å². The summed E-state index contributed by atoms with van der Waals surface area (Å²) in [4.78, 5) is 13.9. The summed E-state index contributed by atoms with van der Waals surface area (Å²) in [5.74, 6) is 2.47. The average Bonchev–Trinajstić information content (AvgIpc) is 3.39.